The quantitative estimate of drug-likeness (QED) is 0.865. The molecule has 5 heteroatoms. The Balaban J connectivity index is 2.43. The van der Waals surface area contributed by atoms with Crippen LogP contribution in [0, 0.1) is 6.92 Å². The fourth-order valence-electron chi connectivity index (χ4n) is 1.81. The highest BCUT2D eigenvalue weighted by Crippen LogP contribution is 2.28. The van der Waals surface area contributed by atoms with Gasteiger partial charge in [0, 0.05) is 25.0 Å². The summed E-state index contributed by atoms with van der Waals surface area (Å²) in [5.74, 6) is 0.572. The Hall–Kier alpha value is -1.88. The standard InChI is InChI=1S/C12H15N3O2/c1-8-9(7-15(2)14-8)12(16)11-10(17-3)5-4-6-13-11/h4-7,12,16H,1-3H3. The van der Waals surface area contributed by atoms with Crippen molar-refractivity contribution in [3.8, 4) is 5.75 Å². The van der Waals surface area contributed by atoms with Gasteiger partial charge in [-0.25, -0.2) is 0 Å². The highest BCUT2D eigenvalue weighted by Gasteiger charge is 2.20. The molecule has 0 aromatic carbocycles. The van der Waals surface area contributed by atoms with Gasteiger partial charge >= 0.3 is 0 Å². The Morgan fingerprint density at radius 3 is 2.82 bits per heavy atom. The van der Waals surface area contributed by atoms with Crippen molar-refractivity contribution in [1.29, 1.82) is 0 Å². The number of aromatic nitrogens is 3. The lowest BCUT2D eigenvalue weighted by molar-refractivity contribution is 0.208. The molecule has 2 aromatic rings. The molecule has 0 aliphatic carbocycles. The minimum atomic E-state index is -0.820. The molecule has 0 fully saturated rings. The fraction of sp³-hybridized carbons (Fsp3) is 0.333. The molecule has 17 heavy (non-hydrogen) atoms. The largest absolute Gasteiger partial charge is 0.495 e. The van der Waals surface area contributed by atoms with Crippen LogP contribution in [0.25, 0.3) is 0 Å². The number of nitrogens with zero attached hydrogens (tertiary/aromatic N) is 3. The number of aryl methyl sites for hydroxylation is 2. The number of aliphatic hydroxyl groups excluding tert-OH is 1. The van der Waals surface area contributed by atoms with Crippen molar-refractivity contribution in [3.05, 3.63) is 41.5 Å². The van der Waals surface area contributed by atoms with Crippen LogP contribution in [-0.4, -0.2) is 27.0 Å². The first-order chi connectivity index (χ1) is 8.13. The van der Waals surface area contributed by atoms with Gasteiger partial charge in [-0.3, -0.25) is 9.67 Å². The summed E-state index contributed by atoms with van der Waals surface area (Å²) >= 11 is 0. The Labute approximate surface area is 99.7 Å². The molecular weight excluding hydrogens is 218 g/mol. The van der Waals surface area contributed by atoms with Crippen molar-refractivity contribution < 1.29 is 9.84 Å². The van der Waals surface area contributed by atoms with Gasteiger partial charge in [-0.05, 0) is 19.1 Å². The maximum absolute atomic E-state index is 10.3. The molecule has 1 unspecified atom stereocenters. The van der Waals surface area contributed by atoms with Crippen molar-refractivity contribution in [2.24, 2.45) is 7.05 Å². The molecule has 0 radical (unpaired) electrons. The maximum Gasteiger partial charge on any atom is 0.143 e. The van der Waals surface area contributed by atoms with E-state index in [-0.39, 0.29) is 0 Å². The van der Waals surface area contributed by atoms with Crippen molar-refractivity contribution in [1.82, 2.24) is 14.8 Å². The third-order valence-corrected chi connectivity index (χ3v) is 2.62. The monoisotopic (exact) mass is 233 g/mol. The van der Waals surface area contributed by atoms with Crippen LogP contribution in [0.2, 0.25) is 0 Å². The minimum Gasteiger partial charge on any atom is -0.495 e. The molecule has 0 aliphatic rings. The van der Waals surface area contributed by atoms with Crippen LogP contribution in [0.3, 0.4) is 0 Å². The smallest absolute Gasteiger partial charge is 0.143 e. The van der Waals surface area contributed by atoms with Crippen LogP contribution in [0.5, 0.6) is 5.75 Å². The van der Waals surface area contributed by atoms with Crippen LogP contribution < -0.4 is 4.74 Å². The minimum absolute atomic E-state index is 0.506. The molecule has 2 aromatic heterocycles. The first kappa shape index (κ1) is 11.6. The summed E-state index contributed by atoms with van der Waals surface area (Å²) in [7, 11) is 3.38. The lowest BCUT2D eigenvalue weighted by atomic mass is 10.1. The highest BCUT2D eigenvalue weighted by molar-refractivity contribution is 5.35. The summed E-state index contributed by atoms with van der Waals surface area (Å²) < 4.78 is 6.85. The van der Waals surface area contributed by atoms with Gasteiger partial charge in [-0.1, -0.05) is 0 Å². The zero-order chi connectivity index (χ0) is 12.4. The summed E-state index contributed by atoms with van der Waals surface area (Å²) in [6.45, 7) is 1.86. The van der Waals surface area contributed by atoms with Gasteiger partial charge in [-0.15, -0.1) is 0 Å². The zero-order valence-corrected chi connectivity index (χ0v) is 10.1. The lowest BCUT2D eigenvalue weighted by Crippen LogP contribution is -2.05. The first-order valence-electron chi connectivity index (χ1n) is 5.30. The molecule has 2 heterocycles. The van der Waals surface area contributed by atoms with Gasteiger partial charge in [0.2, 0.25) is 0 Å². The summed E-state index contributed by atoms with van der Waals surface area (Å²) in [5, 5.41) is 14.5. The molecule has 1 atom stereocenters. The molecule has 0 saturated heterocycles. The van der Waals surface area contributed by atoms with E-state index in [1.54, 1.807) is 36.3 Å². The third-order valence-electron chi connectivity index (χ3n) is 2.62. The molecule has 0 aliphatic heterocycles. The summed E-state index contributed by atoms with van der Waals surface area (Å²) in [6.07, 6.45) is 2.60. The van der Waals surface area contributed by atoms with Gasteiger partial charge in [0.1, 0.15) is 17.5 Å². The average molecular weight is 233 g/mol. The van der Waals surface area contributed by atoms with Crippen molar-refractivity contribution in [2.45, 2.75) is 13.0 Å². The van der Waals surface area contributed by atoms with Crippen molar-refractivity contribution in [2.75, 3.05) is 7.11 Å². The van der Waals surface area contributed by atoms with Crippen LogP contribution in [0.4, 0.5) is 0 Å². The number of ether oxygens (including phenoxy) is 1. The SMILES string of the molecule is COc1cccnc1C(O)c1cn(C)nc1C. The van der Waals surface area contributed by atoms with Crippen LogP contribution in [0.1, 0.15) is 23.1 Å². The van der Waals surface area contributed by atoms with E-state index in [1.807, 2.05) is 14.0 Å². The molecule has 2 rings (SSSR count). The molecule has 0 saturated carbocycles. The summed E-state index contributed by atoms with van der Waals surface area (Å²) in [4.78, 5) is 4.16. The van der Waals surface area contributed by atoms with Crippen LogP contribution >= 0.6 is 0 Å². The van der Waals surface area contributed by atoms with E-state index in [9.17, 15) is 5.11 Å². The van der Waals surface area contributed by atoms with Gasteiger partial charge in [0.15, 0.2) is 0 Å². The number of hydrogen-bond acceptors (Lipinski definition) is 4. The topological polar surface area (TPSA) is 60.2 Å². The Bertz CT molecular complexity index is 522. The van der Waals surface area contributed by atoms with E-state index in [0.29, 0.717) is 11.4 Å². The Morgan fingerprint density at radius 2 is 2.24 bits per heavy atom. The normalized spacial score (nSPS) is 12.5. The molecule has 0 amide bonds. The molecular formula is C12H15N3O2. The maximum atomic E-state index is 10.3. The van der Waals surface area contributed by atoms with Gasteiger partial charge in [0.05, 0.1) is 12.8 Å². The summed E-state index contributed by atoms with van der Waals surface area (Å²) in [5.41, 5.74) is 2.03. The Kier molecular flexibility index (Phi) is 3.10. The molecule has 0 spiro atoms. The second-order valence-electron chi connectivity index (χ2n) is 3.84. The predicted octanol–water partition coefficient (Wildman–Crippen LogP) is 1.21. The third kappa shape index (κ3) is 2.14. The Morgan fingerprint density at radius 1 is 1.47 bits per heavy atom. The van der Waals surface area contributed by atoms with Gasteiger partial charge in [0.25, 0.3) is 0 Å². The van der Waals surface area contributed by atoms with Gasteiger partial charge < -0.3 is 9.84 Å². The first-order valence-corrected chi connectivity index (χ1v) is 5.30. The van der Waals surface area contributed by atoms with Crippen LogP contribution in [0.15, 0.2) is 24.5 Å². The number of hydrogen-bond donors (Lipinski definition) is 1. The van der Waals surface area contributed by atoms with Crippen molar-refractivity contribution >= 4 is 0 Å². The number of aliphatic hydroxyl groups is 1. The lowest BCUT2D eigenvalue weighted by Gasteiger charge is -2.12. The van der Waals surface area contributed by atoms with Crippen LogP contribution in [-0.2, 0) is 7.05 Å². The molecule has 90 valence electrons. The number of pyridine rings is 1. The van der Waals surface area contributed by atoms with Crippen molar-refractivity contribution in [3.63, 3.8) is 0 Å². The highest BCUT2D eigenvalue weighted by atomic mass is 16.5. The molecule has 0 bridgehead atoms. The molecule has 5 nitrogen and oxygen atoms in total. The number of rotatable bonds is 3. The predicted molar refractivity (Wildman–Crippen MR) is 62.8 cm³/mol. The zero-order valence-electron chi connectivity index (χ0n) is 10.1. The van der Waals surface area contributed by atoms with Gasteiger partial charge in [-0.2, -0.15) is 5.10 Å². The molecule has 1 N–H and O–H groups in total. The van der Waals surface area contributed by atoms with E-state index in [1.165, 1.54) is 0 Å². The van der Waals surface area contributed by atoms with E-state index in [0.717, 1.165) is 11.3 Å². The van der Waals surface area contributed by atoms with E-state index < -0.39 is 6.10 Å². The second kappa shape index (κ2) is 4.55. The van der Waals surface area contributed by atoms with E-state index >= 15 is 0 Å². The van der Waals surface area contributed by atoms with E-state index in [4.69, 9.17) is 4.74 Å². The summed E-state index contributed by atoms with van der Waals surface area (Å²) in [6, 6.07) is 3.54. The average Bonchev–Trinajstić information content (AvgIpc) is 2.67. The van der Waals surface area contributed by atoms with E-state index in [2.05, 4.69) is 10.1 Å². The fourth-order valence-corrected chi connectivity index (χ4v) is 1.81. The number of methoxy groups -OCH3 is 1. The second-order valence-corrected chi connectivity index (χ2v) is 3.84.